The largest absolute Gasteiger partial charge is 0.490 e. The summed E-state index contributed by atoms with van der Waals surface area (Å²) in [5, 5.41) is 3.41. The molecule has 1 aliphatic rings. The lowest BCUT2D eigenvalue weighted by atomic mass is 10.0. The highest BCUT2D eigenvalue weighted by Crippen LogP contribution is 2.31. The maximum absolute atomic E-state index is 13.3. The van der Waals surface area contributed by atoms with E-state index in [9.17, 15) is 4.79 Å². The van der Waals surface area contributed by atoms with Gasteiger partial charge in [0, 0.05) is 44.3 Å². The fraction of sp³-hybridized carbons (Fsp3) is 0.682. The molecule has 1 N–H and O–H groups in total. The number of hydrogen-bond donors (Lipinski definition) is 1. The van der Waals surface area contributed by atoms with E-state index < -0.39 is 0 Å². The van der Waals surface area contributed by atoms with E-state index in [-0.39, 0.29) is 24.1 Å². The third kappa shape index (κ3) is 6.38. The molecule has 1 atom stereocenters. The van der Waals surface area contributed by atoms with Gasteiger partial charge in [0.15, 0.2) is 11.5 Å². The van der Waals surface area contributed by atoms with Gasteiger partial charge in [-0.05, 0) is 65.3 Å². The number of methoxy groups -OCH3 is 1. The van der Waals surface area contributed by atoms with Gasteiger partial charge in [-0.2, -0.15) is 0 Å². The van der Waals surface area contributed by atoms with Crippen LogP contribution in [0.25, 0.3) is 0 Å². The van der Waals surface area contributed by atoms with E-state index in [4.69, 9.17) is 14.2 Å². The van der Waals surface area contributed by atoms with Gasteiger partial charge in [-0.25, -0.2) is 0 Å². The molecule has 1 aromatic rings. The number of piperidine rings is 1. The minimum Gasteiger partial charge on any atom is -0.490 e. The van der Waals surface area contributed by atoms with Gasteiger partial charge in [-0.15, -0.1) is 0 Å². The summed E-state index contributed by atoms with van der Waals surface area (Å²) >= 11 is 0. The highest BCUT2D eigenvalue weighted by atomic mass is 16.5. The summed E-state index contributed by atoms with van der Waals surface area (Å²) in [5.74, 6) is 1.32. The van der Waals surface area contributed by atoms with Gasteiger partial charge in [0.1, 0.15) is 0 Å². The monoisotopic (exact) mass is 392 g/mol. The van der Waals surface area contributed by atoms with E-state index in [1.165, 1.54) is 0 Å². The molecule has 2 rings (SSSR count). The first-order chi connectivity index (χ1) is 13.4. The van der Waals surface area contributed by atoms with Crippen LogP contribution < -0.4 is 14.8 Å². The van der Waals surface area contributed by atoms with Crippen LogP contribution in [-0.4, -0.2) is 62.4 Å². The zero-order valence-electron chi connectivity index (χ0n) is 18.0. The molecular formula is C22H36N2O4. The lowest BCUT2D eigenvalue weighted by molar-refractivity contribution is 0.0573. The number of nitrogens with one attached hydrogen (secondary N) is 1. The molecule has 0 spiro atoms. The van der Waals surface area contributed by atoms with Crippen LogP contribution in [0.1, 0.15) is 57.3 Å². The SMILES string of the molecule is COCCCOc1cc(C(=O)N(C(C)C)[C@@H]2CCCNC2)ccc1OC(C)C. The summed E-state index contributed by atoms with van der Waals surface area (Å²) in [6, 6.07) is 5.86. The van der Waals surface area contributed by atoms with Crippen molar-refractivity contribution in [3.05, 3.63) is 23.8 Å². The second-order valence-electron chi connectivity index (χ2n) is 7.83. The first kappa shape index (κ1) is 22.5. The third-order valence-corrected chi connectivity index (χ3v) is 4.76. The van der Waals surface area contributed by atoms with Crippen LogP contribution in [0.4, 0.5) is 0 Å². The van der Waals surface area contributed by atoms with Gasteiger partial charge in [0.05, 0.1) is 12.7 Å². The molecule has 158 valence electrons. The zero-order chi connectivity index (χ0) is 20.5. The van der Waals surface area contributed by atoms with Crippen molar-refractivity contribution in [3.8, 4) is 11.5 Å². The van der Waals surface area contributed by atoms with Crippen molar-refractivity contribution in [2.45, 2.75) is 65.1 Å². The molecule has 1 amide bonds. The molecule has 1 saturated heterocycles. The minimum atomic E-state index is 0.0309. The van der Waals surface area contributed by atoms with Crippen LogP contribution in [0.2, 0.25) is 0 Å². The lowest BCUT2D eigenvalue weighted by Crippen LogP contribution is -2.51. The van der Waals surface area contributed by atoms with Gasteiger partial charge >= 0.3 is 0 Å². The van der Waals surface area contributed by atoms with E-state index >= 15 is 0 Å². The van der Waals surface area contributed by atoms with E-state index in [1.54, 1.807) is 7.11 Å². The number of rotatable bonds is 10. The number of benzene rings is 1. The Morgan fingerprint density at radius 2 is 2.00 bits per heavy atom. The average molecular weight is 393 g/mol. The molecule has 0 aliphatic carbocycles. The molecule has 1 aromatic carbocycles. The number of ether oxygens (including phenoxy) is 3. The second-order valence-corrected chi connectivity index (χ2v) is 7.83. The van der Waals surface area contributed by atoms with Crippen LogP contribution in [-0.2, 0) is 4.74 Å². The van der Waals surface area contributed by atoms with Crippen molar-refractivity contribution in [1.29, 1.82) is 0 Å². The molecule has 0 saturated carbocycles. The highest BCUT2D eigenvalue weighted by Gasteiger charge is 2.29. The fourth-order valence-electron chi connectivity index (χ4n) is 3.53. The van der Waals surface area contributed by atoms with Crippen LogP contribution in [0.15, 0.2) is 18.2 Å². The predicted molar refractivity (Wildman–Crippen MR) is 111 cm³/mol. The first-order valence-electron chi connectivity index (χ1n) is 10.4. The summed E-state index contributed by atoms with van der Waals surface area (Å²) in [4.78, 5) is 15.3. The maximum atomic E-state index is 13.3. The molecule has 0 aromatic heterocycles. The van der Waals surface area contributed by atoms with Crippen molar-refractivity contribution in [2.75, 3.05) is 33.4 Å². The van der Waals surface area contributed by atoms with Crippen molar-refractivity contribution < 1.29 is 19.0 Å². The highest BCUT2D eigenvalue weighted by molar-refractivity contribution is 5.95. The van der Waals surface area contributed by atoms with Gasteiger partial charge in [-0.1, -0.05) is 0 Å². The zero-order valence-corrected chi connectivity index (χ0v) is 18.0. The molecule has 6 heteroatoms. The van der Waals surface area contributed by atoms with Crippen LogP contribution in [0.3, 0.4) is 0 Å². The normalized spacial score (nSPS) is 17.0. The number of hydrogen-bond acceptors (Lipinski definition) is 5. The minimum absolute atomic E-state index is 0.0309. The molecule has 1 heterocycles. The van der Waals surface area contributed by atoms with Gasteiger partial charge in [0.25, 0.3) is 5.91 Å². The Bertz CT molecular complexity index is 613. The van der Waals surface area contributed by atoms with E-state index in [0.29, 0.717) is 30.3 Å². The van der Waals surface area contributed by atoms with E-state index in [1.807, 2.05) is 36.9 Å². The Kier molecular flexibility index (Phi) is 9.06. The predicted octanol–water partition coefficient (Wildman–Crippen LogP) is 3.49. The Morgan fingerprint density at radius 1 is 1.21 bits per heavy atom. The Labute approximate surface area is 169 Å². The number of nitrogens with zero attached hydrogens (tertiary/aromatic N) is 1. The van der Waals surface area contributed by atoms with Crippen molar-refractivity contribution >= 4 is 5.91 Å². The molecule has 6 nitrogen and oxygen atoms in total. The summed E-state index contributed by atoms with van der Waals surface area (Å²) in [7, 11) is 1.67. The standard InChI is InChI=1S/C22H36N2O4/c1-16(2)24(19-8-6-11-23-15-19)22(25)18-9-10-20(28-17(3)4)21(14-18)27-13-7-12-26-5/h9-10,14,16-17,19,23H,6-8,11-13,15H2,1-5H3/t19-/m1/s1. The quantitative estimate of drug-likeness (QED) is 0.618. The van der Waals surface area contributed by atoms with Crippen LogP contribution >= 0.6 is 0 Å². The van der Waals surface area contributed by atoms with E-state index in [2.05, 4.69) is 19.2 Å². The van der Waals surface area contributed by atoms with Crippen molar-refractivity contribution in [1.82, 2.24) is 10.2 Å². The van der Waals surface area contributed by atoms with Gasteiger partial charge < -0.3 is 24.4 Å². The van der Waals surface area contributed by atoms with E-state index in [0.717, 1.165) is 32.4 Å². The Balaban J connectivity index is 2.22. The van der Waals surface area contributed by atoms with Crippen molar-refractivity contribution in [3.63, 3.8) is 0 Å². The Morgan fingerprint density at radius 3 is 2.61 bits per heavy atom. The molecule has 28 heavy (non-hydrogen) atoms. The molecule has 1 aliphatic heterocycles. The fourth-order valence-corrected chi connectivity index (χ4v) is 3.53. The second kappa shape index (κ2) is 11.3. The summed E-state index contributed by atoms with van der Waals surface area (Å²) in [5.41, 5.74) is 0.636. The topological polar surface area (TPSA) is 60.0 Å². The first-order valence-corrected chi connectivity index (χ1v) is 10.4. The summed E-state index contributed by atoms with van der Waals surface area (Å²) < 4.78 is 16.9. The lowest BCUT2D eigenvalue weighted by Gasteiger charge is -2.37. The summed E-state index contributed by atoms with van der Waals surface area (Å²) in [6.07, 6.45) is 2.94. The Hall–Kier alpha value is -1.79. The maximum Gasteiger partial charge on any atom is 0.254 e. The van der Waals surface area contributed by atoms with Crippen molar-refractivity contribution in [2.24, 2.45) is 0 Å². The molecular weight excluding hydrogens is 356 g/mol. The summed E-state index contributed by atoms with van der Waals surface area (Å²) in [6.45, 7) is 11.1. The molecule has 0 bridgehead atoms. The van der Waals surface area contributed by atoms with Crippen LogP contribution in [0.5, 0.6) is 11.5 Å². The van der Waals surface area contributed by atoms with Gasteiger partial charge in [-0.3, -0.25) is 4.79 Å². The average Bonchev–Trinajstić information content (AvgIpc) is 2.66. The van der Waals surface area contributed by atoms with Crippen LogP contribution in [0, 0.1) is 0 Å². The molecule has 0 unspecified atom stereocenters. The smallest absolute Gasteiger partial charge is 0.254 e. The number of carbonyl (C=O) groups is 1. The number of carbonyl (C=O) groups excluding carboxylic acids is 1. The van der Waals surface area contributed by atoms with Gasteiger partial charge in [0.2, 0.25) is 0 Å². The number of amides is 1. The third-order valence-electron chi connectivity index (χ3n) is 4.76. The molecule has 1 fully saturated rings. The molecule has 0 radical (unpaired) electrons.